The molecule has 0 aromatic heterocycles. The highest BCUT2D eigenvalue weighted by molar-refractivity contribution is 6.47. The molecule has 2 heteroatoms. The molecule has 0 aliphatic rings. The lowest BCUT2D eigenvalue weighted by Gasteiger charge is -2.01. The summed E-state index contributed by atoms with van der Waals surface area (Å²) >= 11 is 0. The van der Waals surface area contributed by atoms with E-state index in [0.717, 1.165) is 12.1 Å². The van der Waals surface area contributed by atoms with Gasteiger partial charge in [-0.15, -0.1) is 0 Å². The van der Waals surface area contributed by atoms with Crippen molar-refractivity contribution in [1.82, 2.24) is 0 Å². The van der Waals surface area contributed by atoms with Gasteiger partial charge >= 0.3 is 7.48 Å². The van der Waals surface area contributed by atoms with Crippen LogP contribution in [0.1, 0.15) is 12.5 Å². The maximum atomic E-state index is 5.18. The zero-order valence-electron chi connectivity index (χ0n) is 7.00. The van der Waals surface area contributed by atoms with Gasteiger partial charge in [0.05, 0.1) is 0 Å². The Morgan fingerprint density at radius 3 is 2.73 bits per heavy atom. The average Bonchev–Trinajstić information content (AvgIpc) is 2.03. The fourth-order valence-electron chi connectivity index (χ4n) is 0.892. The molecule has 0 aliphatic heterocycles. The van der Waals surface area contributed by atoms with E-state index in [0.29, 0.717) is 0 Å². The summed E-state index contributed by atoms with van der Waals surface area (Å²) in [6, 6.07) is 8.16. The van der Waals surface area contributed by atoms with Crippen molar-refractivity contribution in [2.24, 2.45) is 0 Å². The minimum absolute atomic E-state index is 0.730. The molecule has 0 fully saturated rings. The van der Waals surface area contributed by atoms with E-state index >= 15 is 0 Å². The lowest BCUT2D eigenvalue weighted by Crippen LogP contribution is -2.19. The molecule has 11 heavy (non-hydrogen) atoms. The van der Waals surface area contributed by atoms with Gasteiger partial charge in [-0.3, -0.25) is 0 Å². The maximum Gasteiger partial charge on any atom is 0.330 e. The van der Waals surface area contributed by atoms with Crippen molar-refractivity contribution in [3.63, 3.8) is 0 Å². The molecule has 1 aromatic carbocycles. The second-order valence-electron chi connectivity index (χ2n) is 2.43. The van der Waals surface area contributed by atoms with Crippen molar-refractivity contribution in [2.75, 3.05) is 6.61 Å². The molecule has 57 valence electrons. The molecule has 1 aromatic rings. The highest BCUT2D eigenvalue weighted by atomic mass is 16.4. The van der Waals surface area contributed by atoms with Crippen molar-refractivity contribution in [1.29, 1.82) is 0 Å². The molecule has 0 atom stereocenters. The third kappa shape index (κ3) is 2.39. The largest absolute Gasteiger partial charge is 0.434 e. The number of aryl methyl sites for hydroxylation is 1. The van der Waals surface area contributed by atoms with Crippen molar-refractivity contribution in [3.8, 4) is 0 Å². The van der Waals surface area contributed by atoms with Crippen molar-refractivity contribution < 1.29 is 4.65 Å². The van der Waals surface area contributed by atoms with Gasteiger partial charge in [0.1, 0.15) is 0 Å². The van der Waals surface area contributed by atoms with Gasteiger partial charge in [-0.2, -0.15) is 0 Å². The monoisotopic (exact) mass is 147 g/mol. The highest BCUT2D eigenvalue weighted by Gasteiger charge is 1.97. The third-order valence-electron chi connectivity index (χ3n) is 1.57. The van der Waals surface area contributed by atoms with Crippen LogP contribution in [-0.4, -0.2) is 14.1 Å². The molecule has 0 amide bonds. The summed E-state index contributed by atoms with van der Waals surface area (Å²) in [5.74, 6) is 0. The number of rotatable bonds is 3. The Balaban J connectivity index is 2.62. The fraction of sp³-hybridized carbons (Fsp3) is 0.333. The fourth-order valence-corrected chi connectivity index (χ4v) is 0.892. The van der Waals surface area contributed by atoms with Gasteiger partial charge in [0.15, 0.2) is 0 Å². The van der Waals surface area contributed by atoms with E-state index in [1.807, 2.05) is 25.1 Å². The maximum absolute atomic E-state index is 5.18. The Labute approximate surface area is 68.7 Å². The molecule has 0 bridgehead atoms. The van der Waals surface area contributed by atoms with Crippen LogP contribution < -0.4 is 5.46 Å². The Hall–Kier alpha value is -0.755. The van der Waals surface area contributed by atoms with Crippen molar-refractivity contribution >= 4 is 12.9 Å². The van der Waals surface area contributed by atoms with Gasteiger partial charge < -0.3 is 4.65 Å². The molecular formula is C9H12BO. The Morgan fingerprint density at radius 2 is 2.09 bits per heavy atom. The first kappa shape index (κ1) is 8.34. The topological polar surface area (TPSA) is 9.23 Å². The highest BCUT2D eigenvalue weighted by Crippen LogP contribution is 1.91. The average molecular weight is 147 g/mol. The van der Waals surface area contributed by atoms with E-state index in [2.05, 4.69) is 13.0 Å². The molecule has 0 N–H and O–H groups in total. The normalized spacial score (nSPS) is 9.64. The first-order chi connectivity index (χ1) is 5.34. The van der Waals surface area contributed by atoms with Crippen LogP contribution in [0, 0.1) is 6.92 Å². The van der Waals surface area contributed by atoms with Crippen LogP contribution >= 0.6 is 0 Å². The van der Waals surface area contributed by atoms with Crippen molar-refractivity contribution in [3.05, 3.63) is 29.8 Å². The number of hydrogen-bond donors (Lipinski definition) is 0. The summed E-state index contributed by atoms with van der Waals surface area (Å²) < 4.78 is 5.18. The van der Waals surface area contributed by atoms with E-state index in [-0.39, 0.29) is 0 Å². The van der Waals surface area contributed by atoms with Gasteiger partial charge in [0.25, 0.3) is 0 Å². The predicted molar refractivity (Wildman–Crippen MR) is 48.2 cm³/mol. The van der Waals surface area contributed by atoms with Crippen LogP contribution in [0.4, 0.5) is 0 Å². The number of hydrogen-bond acceptors (Lipinski definition) is 1. The van der Waals surface area contributed by atoms with Crippen LogP contribution in [0.25, 0.3) is 0 Å². The molecule has 0 heterocycles. The molecule has 1 radical (unpaired) electrons. The van der Waals surface area contributed by atoms with Crippen LogP contribution in [0.3, 0.4) is 0 Å². The molecule has 0 saturated carbocycles. The zero-order valence-corrected chi connectivity index (χ0v) is 7.00. The van der Waals surface area contributed by atoms with Crippen LogP contribution in [0.2, 0.25) is 0 Å². The lowest BCUT2D eigenvalue weighted by molar-refractivity contribution is 0.367. The molecule has 1 rings (SSSR count). The van der Waals surface area contributed by atoms with Gasteiger partial charge in [-0.05, 0) is 13.8 Å². The first-order valence-corrected chi connectivity index (χ1v) is 3.85. The Bertz CT molecular complexity index is 223. The summed E-state index contributed by atoms with van der Waals surface area (Å²) in [5.41, 5.74) is 2.41. The molecule has 0 unspecified atom stereocenters. The number of benzene rings is 1. The smallest absolute Gasteiger partial charge is 0.330 e. The summed E-state index contributed by atoms with van der Waals surface area (Å²) in [6.45, 7) is 4.79. The second-order valence-corrected chi connectivity index (χ2v) is 2.43. The van der Waals surface area contributed by atoms with E-state index in [4.69, 9.17) is 4.65 Å². The standard InChI is InChI=1S/C9H12BO/c1-3-11-10-9-7-5-4-6-8(9)2/h4-7H,3H2,1-2H3. The van der Waals surface area contributed by atoms with Gasteiger partial charge in [0.2, 0.25) is 0 Å². The second kappa shape index (κ2) is 4.19. The third-order valence-corrected chi connectivity index (χ3v) is 1.57. The van der Waals surface area contributed by atoms with Crippen LogP contribution in [0.15, 0.2) is 24.3 Å². The van der Waals surface area contributed by atoms with Crippen molar-refractivity contribution in [2.45, 2.75) is 13.8 Å². The van der Waals surface area contributed by atoms with E-state index in [9.17, 15) is 0 Å². The lowest BCUT2D eigenvalue weighted by atomic mass is 9.84. The molecule has 0 saturated heterocycles. The Kier molecular flexibility index (Phi) is 3.18. The summed E-state index contributed by atoms with van der Waals surface area (Å²) in [5, 5.41) is 0. The molecular weight excluding hydrogens is 135 g/mol. The van der Waals surface area contributed by atoms with E-state index in [1.54, 1.807) is 7.48 Å². The van der Waals surface area contributed by atoms with Crippen LogP contribution in [0.5, 0.6) is 0 Å². The SMILES string of the molecule is CCO[B]c1ccccc1C. The molecule has 1 nitrogen and oxygen atoms in total. The summed E-state index contributed by atoms with van der Waals surface area (Å²) in [7, 11) is 1.80. The summed E-state index contributed by atoms with van der Waals surface area (Å²) in [4.78, 5) is 0. The quantitative estimate of drug-likeness (QED) is 0.585. The zero-order chi connectivity index (χ0) is 8.10. The minimum Gasteiger partial charge on any atom is -0.434 e. The summed E-state index contributed by atoms with van der Waals surface area (Å²) in [6.07, 6.45) is 0. The first-order valence-electron chi connectivity index (χ1n) is 3.85. The Morgan fingerprint density at radius 1 is 1.36 bits per heavy atom. The van der Waals surface area contributed by atoms with E-state index < -0.39 is 0 Å². The van der Waals surface area contributed by atoms with E-state index in [1.165, 1.54) is 5.56 Å². The molecule has 0 spiro atoms. The van der Waals surface area contributed by atoms with Gasteiger partial charge in [0, 0.05) is 6.61 Å². The predicted octanol–water partition coefficient (Wildman–Crippen LogP) is 1.28. The van der Waals surface area contributed by atoms with Crippen LogP contribution in [-0.2, 0) is 4.65 Å². The van der Waals surface area contributed by atoms with Gasteiger partial charge in [-0.25, -0.2) is 0 Å². The minimum atomic E-state index is 0.730. The molecule has 0 aliphatic carbocycles. The van der Waals surface area contributed by atoms with Gasteiger partial charge in [-0.1, -0.05) is 35.3 Å².